The van der Waals surface area contributed by atoms with E-state index in [0.29, 0.717) is 19.0 Å². The number of aliphatic carboxylic acids is 1. The largest absolute Gasteiger partial charge is 0.481 e. The average molecular weight is 223 g/mol. The van der Waals surface area contributed by atoms with Crippen LogP contribution in [0, 0.1) is 0 Å². The molecule has 0 aromatic carbocycles. The predicted molar refractivity (Wildman–Crippen MR) is 56.4 cm³/mol. The normalized spacial score (nSPS) is 16.1. The third kappa shape index (κ3) is 2.66. The van der Waals surface area contributed by atoms with Gasteiger partial charge in [-0.25, -0.2) is 9.97 Å². The number of hydrogen-bond donors (Lipinski definition) is 1. The van der Waals surface area contributed by atoms with Gasteiger partial charge in [-0.2, -0.15) is 0 Å². The van der Waals surface area contributed by atoms with Crippen LogP contribution in [0.15, 0.2) is 12.3 Å². The van der Waals surface area contributed by atoms with Crippen molar-refractivity contribution in [3.8, 4) is 0 Å². The van der Waals surface area contributed by atoms with E-state index in [1.54, 1.807) is 12.3 Å². The smallest absolute Gasteiger partial charge is 0.311 e. The van der Waals surface area contributed by atoms with Gasteiger partial charge in [0.25, 0.3) is 0 Å². The highest BCUT2D eigenvalue weighted by Crippen LogP contribution is 2.11. The van der Waals surface area contributed by atoms with Crippen LogP contribution in [0.4, 0.5) is 5.82 Å². The molecule has 0 unspecified atom stereocenters. The first-order valence-electron chi connectivity index (χ1n) is 5.12. The van der Waals surface area contributed by atoms with Crippen molar-refractivity contribution in [3.63, 3.8) is 0 Å². The molecule has 1 N–H and O–H groups in total. The van der Waals surface area contributed by atoms with Crippen molar-refractivity contribution >= 4 is 11.8 Å². The van der Waals surface area contributed by atoms with Gasteiger partial charge in [0, 0.05) is 19.3 Å². The van der Waals surface area contributed by atoms with Gasteiger partial charge in [-0.3, -0.25) is 4.79 Å². The monoisotopic (exact) mass is 223 g/mol. The van der Waals surface area contributed by atoms with Crippen LogP contribution in [-0.4, -0.2) is 47.3 Å². The molecule has 1 aromatic rings. The van der Waals surface area contributed by atoms with Crippen molar-refractivity contribution < 1.29 is 14.6 Å². The predicted octanol–water partition coefficient (Wildman–Crippen LogP) is -0.0597. The molecular formula is C10H13N3O3. The van der Waals surface area contributed by atoms with Gasteiger partial charge in [0.1, 0.15) is 18.1 Å². The molecule has 0 bridgehead atoms. The number of carbonyl (C=O) groups is 1. The Morgan fingerprint density at radius 3 is 2.94 bits per heavy atom. The topological polar surface area (TPSA) is 75.5 Å². The van der Waals surface area contributed by atoms with Crippen LogP contribution in [0.5, 0.6) is 0 Å². The van der Waals surface area contributed by atoms with Crippen molar-refractivity contribution in [2.75, 3.05) is 31.2 Å². The summed E-state index contributed by atoms with van der Waals surface area (Å²) in [5.41, 5.74) is 0. The molecule has 0 atom stereocenters. The fraction of sp³-hybridized carbons (Fsp3) is 0.500. The van der Waals surface area contributed by atoms with Gasteiger partial charge in [-0.05, 0) is 6.07 Å². The lowest BCUT2D eigenvalue weighted by molar-refractivity contribution is -0.136. The van der Waals surface area contributed by atoms with Crippen LogP contribution in [0.3, 0.4) is 0 Å². The summed E-state index contributed by atoms with van der Waals surface area (Å²) < 4.78 is 5.24. The third-order valence-corrected chi connectivity index (χ3v) is 2.34. The van der Waals surface area contributed by atoms with Gasteiger partial charge >= 0.3 is 5.97 Å². The van der Waals surface area contributed by atoms with Crippen molar-refractivity contribution in [2.45, 2.75) is 6.42 Å². The maximum atomic E-state index is 10.5. The maximum Gasteiger partial charge on any atom is 0.311 e. The minimum absolute atomic E-state index is 0.141. The Morgan fingerprint density at radius 2 is 2.25 bits per heavy atom. The highest BCUT2D eigenvalue weighted by Gasteiger charge is 2.13. The first kappa shape index (κ1) is 10.8. The number of aromatic nitrogens is 2. The van der Waals surface area contributed by atoms with Crippen LogP contribution in [-0.2, 0) is 16.0 Å². The Bertz CT molecular complexity index is 377. The zero-order chi connectivity index (χ0) is 11.4. The number of carboxylic acids is 1. The number of carboxylic acid groups (broad SMARTS) is 1. The van der Waals surface area contributed by atoms with Gasteiger partial charge in [-0.15, -0.1) is 0 Å². The summed E-state index contributed by atoms with van der Waals surface area (Å²) >= 11 is 0. The molecule has 2 rings (SSSR count). The van der Waals surface area contributed by atoms with E-state index in [-0.39, 0.29) is 6.42 Å². The zero-order valence-corrected chi connectivity index (χ0v) is 8.80. The summed E-state index contributed by atoms with van der Waals surface area (Å²) in [7, 11) is 0. The molecular weight excluding hydrogens is 210 g/mol. The second-order valence-electron chi connectivity index (χ2n) is 3.50. The fourth-order valence-electron chi connectivity index (χ4n) is 1.58. The maximum absolute atomic E-state index is 10.5. The van der Waals surface area contributed by atoms with Crippen molar-refractivity contribution in [1.29, 1.82) is 0 Å². The van der Waals surface area contributed by atoms with E-state index in [1.807, 2.05) is 0 Å². The molecule has 1 aliphatic rings. The first-order valence-corrected chi connectivity index (χ1v) is 5.12. The van der Waals surface area contributed by atoms with Crippen molar-refractivity contribution in [3.05, 3.63) is 18.1 Å². The molecule has 0 saturated carbocycles. The van der Waals surface area contributed by atoms with Crippen LogP contribution >= 0.6 is 0 Å². The van der Waals surface area contributed by atoms with E-state index in [9.17, 15) is 4.79 Å². The lowest BCUT2D eigenvalue weighted by Gasteiger charge is -2.27. The third-order valence-electron chi connectivity index (χ3n) is 2.34. The lowest BCUT2D eigenvalue weighted by Crippen LogP contribution is -2.36. The SMILES string of the molecule is O=C(O)Cc1nccc(N2CCOCC2)n1. The lowest BCUT2D eigenvalue weighted by atomic mass is 10.3. The number of ether oxygens (including phenoxy) is 1. The minimum atomic E-state index is -0.917. The van der Waals surface area contributed by atoms with Crippen molar-refractivity contribution in [2.24, 2.45) is 0 Å². The Hall–Kier alpha value is -1.69. The van der Waals surface area contributed by atoms with Crippen LogP contribution in [0.2, 0.25) is 0 Å². The van der Waals surface area contributed by atoms with Gasteiger partial charge in [0.15, 0.2) is 0 Å². The Morgan fingerprint density at radius 1 is 1.50 bits per heavy atom. The van der Waals surface area contributed by atoms with E-state index in [4.69, 9.17) is 9.84 Å². The standard InChI is InChI=1S/C10H13N3O3/c14-10(15)7-8-11-2-1-9(12-8)13-3-5-16-6-4-13/h1-2H,3-7H2,(H,14,15). The van der Waals surface area contributed by atoms with Crippen LogP contribution < -0.4 is 4.90 Å². The summed E-state index contributed by atoms with van der Waals surface area (Å²) in [4.78, 5) is 20.7. The zero-order valence-electron chi connectivity index (χ0n) is 8.80. The number of rotatable bonds is 3. The molecule has 6 heteroatoms. The van der Waals surface area contributed by atoms with Crippen LogP contribution in [0.1, 0.15) is 5.82 Å². The summed E-state index contributed by atoms with van der Waals surface area (Å²) in [5.74, 6) is 0.199. The van der Waals surface area contributed by atoms with E-state index in [0.717, 1.165) is 18.9 Å². The summed E-state index contributed by atoms with van der Waals surface area (Å²) in [6, 6.07) is 1.79. The summed E-state index contributed by atoms with van der Waals surface area (Å²) in [6.45, 7) is 2.92. The minimum Gasteiger partial charge on any atom is -0.481 e. The van der Waals surface area contributed by atoms with Gasteiger partial charge < -0.3 is 14.7 Å². The molecule has 2 heterocycles. The number of hydrogen-bond acceptors (Lipinski definition) is 5. The van der Waals surface area contributed by atoms with Gasteiger partial charge in [0.2, 0.25) is 0 Å². The molecule has 86 valence electrons. The molecule has 16 heavy (non-hydrogen) atoms. The first-order chi connectivity index (χ1) is 7.75. The summed E-state index contributed by atoms with van der Waals surface area (Å²) in [6.07, 6.45) is 1.45. The van der Waals surface area contributed by atoms with E-state index in [1.165, 1.54) is 0 Å². The molecule has 0 amide bonds. The van der Waals surface area contributed by atoms with Crippen LogP contribution in [0.25, 0.3) is 0 Å². The van der Waals surface area contributed by atoms with E-state index < -0.39 is 5.97 Å². The molecule has 1 saturated heterocycles. The van der Waals surface area contributed by atoms with E-state index in [2.05, 4.69) is 14.9 Å². The average Bonchev–Trinajstić information content (AvgIpc) is 2.30. The summed E-state index contributed by atoms with van der Waals surface area (Å²) in [5, 5.41) is 8.65. The highest BCUT2D eigenvalue weighted by molar-refractivity contribution is 5.69. The molecule has 1 aromatic heterocycles. The number of morpholine rings is 1. The Kier molecular flexibility index (Phi) is 3.31. The molecule has 1 fully saturated rings. The molecule has 6 nitrogen and oxygen atoms in total. The molecule has 0 aliphatic carbocycles. The van der Waals surface area contributed by atoms with Gasteiger partial charge in [-0.1, -0.05) is 0 Å². The molecule has 1 aliphatic heterocycles. The second-order valence-corrected chi connectivity index (χ2v) is 3.50. The van der Waals surface area contributed by atoms with E-state index >= 15 is 0 Å². The van der Waals surface area contributed by atoms with Gasteiger partial charge in [0.05, 0.1) is 13.2 Å². The highest BCUT2D eigenvalue weighted by atomic mass is 16.5. The fourth-order valence-corrected chi connectivity index (χ4v) is 1.58. The quantitative estimate of drug-likeness (QED) is 0.773. The Labute approximate surface area is 92.9 Å². The molecule has 0 spiro atoms. The number of nitrogens with zero attached hydrogens (tertiary/aromatic N) is 3. The Balaban J connectivity index is 2.11. The second kappa shape index (κ2) is 4.89. The number of anilines is 1. The molecule has 0 radical (unpaired) electrons. The van der Waals surface area contributed by atoms with Crippen molar-refractivity contribution in [1.82, 2.24) is 9.97 Å².